The van der Waals surface area contributed by atoms with Gasteiger partial charge in [0.1, 0.15) is 11.4 Å². The number of nitrogens with zero attached hydrogens (tertiary/aromatic N) is 2. The zero-order valence-electron chi connectivity index (χ0n) is 12.8. The molecule has 0 saturated heterocycles. The van der Waals surface area contributed by atoms with Crippen LogP contribution in [0.3, 0.4) is 0 Å². The number of aliphatic hydroxyl groups excluding tert-OH is 1. The average molecular weight is 333 g/mol. The monoisotopic (exact) mass is 333 g/mol. The molecule has 0 aliphatic rings. The van der Waals surface area contributed by atoms with Crippen molar-refractivity contribution in [3.63, 3.8) is 0 Å². The maximum absolute atomic E-state index is 12.9. The summed E-state index contributed by atoms with van der Waals surface area (Å²) in [5, 5.41) is 21.2. The smallest absolute Gasteiger partial charge is 0.284 e. The summed E-state index contributed by atoms with van der Waals surface area (Å²) in [6.45, 7) is -0.129. The lowest BCUT2D eigenvalue weighted by Crippen LogP contribution is -2.32. The van der Waals surface area contributed by atoms with Gasteiger partial charge in [-0.1, -0.05) is 18.2 Å². The van der Waals surface area contributed by atoms with Crippen molar-refractivity contribution in [3.05, 3.63) is 69.5 Å². The lowest BCUT2D eigenvalue weighted by atomic mass is 10.1. The molecule has 1 atom stereocenters. The zero-order chi connectivity index (χ0) is 17.9. The van der Waals surface area contributed by atoms with Crippen LogP contribution in [0.1, 0.15) is 22.0 Å². The minimum Gasteiger partial charge on any atom is -0.398 e. The van der Waals surface area contributed by atoms with E-state index in [2.05, 4.69) is 0 Å². The molecule has 0 radical (unpaired) electrons. The molecule has 0 aromatic heterocycles. The Kier molecular flexibility index (Phi) is 5.10. The fourth-order valence-electron chi connectivity index (χ4n) is 2.27. The van der Waals surface area contributed by atoms with Crippen molar-refractivity contribution in [1.29, 1.82) is 0 Å². The molecule has 3 N–H and O–H groups in total. The van der Waals surface area contributed by atoms with Crippen molar-refractivity contribution < 1.29 is 19.2 Å². The summed E-state index contributed by atoms with van der Waals surface area (Å²) in [7, 11) is 1.39. The van der Waals surface area contributed by atoms with E-state index in [0.29, 0.717) is 5.56 Å². The van der Waals surface area contributed by atoms with Crippen LogP contribution in [-0.2, 0) is 0 Å². The lowest BCUT2D eigenvalue weighted by molar-refractivity contribution is -0.385. The van der Waals surface area contributed by atoms with Gasteiger partial charge in [0.05, 0.1) is 23.3 Å². The number of likely N-dealkylation sites (N-methyl/N-ethyl adjacent to an activating group) is 1. The van der Waals surface area contributed by atoms with Crippen molar-refractivity contribution in [2.75, 3.05) is 19.3 Å². The van der Waals surface area contributed by atoms with Crippen molar-refractivity contribution in [3.8, 4) is 0 Å². The Morgan fingerprint density at radius 1 is 1.33 bits per heavy atom. The zero-order valence-corrected chi connectivity index (χ0v) is 12.8. The third-order valence-corrected chi connectivity index (χ3v) is 3.53. The van der Waals surface area contributed by atoms with Crippen molar-refractivity contribution in [2.24, 2.45) is 0 Å². The predicted octanol–water partition coefficient (Wildman–Crippen LogP) is 2.12. The van der Waals surface area contributed by atoms with E-state index in [9.17, 15) is 24.4 Å². The molecule has 2 aromatic rings. The summed E-state index contributed by atoms with van der Waals surface area (Å²) in [6.07, 6.45) is -1.07. The molecule has 24 heavy (non-hydrogen) atoms. The van der Waals surface area contributed by atoms with Crippen LogP contribution in [0.25, 0.3) is 0 Å². The number of aliphatic hydroxyl groups is 1. The Labute approximate surface area is 137 Å². The molecule has 0 aliphatic heterocycles. The van der Waals surface area contributed by atoms with Gasteiger partial charge in [-0.3, -0.25) is 14.9 Å². The number of nitro benzene ring substituents is 1. The highest BCUT2D eigenvalue weighted by Crippen LogP contribution is 2.26. The molecule has 2 aromatic carbocycles. The van der Waals surface area contributed by atoms with Gasteiger partial charge in [-0.25, -0.2) is 4.39 Å². The van der Waals surface area contributed by atoms with Gasteiger partial charge in [0.15, 0.2) is 0 Å². The van der Waals surface area contributed by atoms with E-state index in [1.807, 2.05) is 0 Å². The molecule has 0 spiro atoms. The second-order valence-corrected chi connectivity index (χ2v) is 5.25. The largest absolute Gasteiger partial charge is 0.398 e. The number of nitrogens with two attached hydrogens (primary N) is 1. The first-order chi connectivity index (χ1) is 11.3. The lowest BCUT2D eigenvalue weighted by Gasteiger charge is -2.21. The maximum atomic E-state index is 12.9. The summed E-state index contributed by atoms with van der Waals surface area (Å²) in [6, 6.07) is 9.16. The molecule has 2 rings (SSSR count). The Hall–Kier alpha value is -3.00. The highest BCUT2D eigenvalue weighted by atomic mass is 19.1. The standard InChI is InChI=1S/C16H16FN3O4/c1-19(9-14(21)10-5-7-11(17)8-6-10)16(22)15-12(18)3-2-4-13(15)20(23)24/h2-8,14,21H,9,18H2,1H3/t14-/m1/s1. The van der Waals surface area contributed by atoms with Gasteiger partial charge in [0.25, 0.3) is 11.6 Å². The van der Waals surface area contributed by atoms with Gasteiger partial charge in [-0.2, -0.15) is 0 Å². The number of rotatable bonds is 5. The normalized spacial score (nSPS) is 11.8. The average Bonchev–Trinajstić information content (AvgIpc) is 2.54. The van der Waals surface area contributed by atoms with Gasteiger partial charge in [0.2, 0.25) is 0 Å². The summed E-state index contributed by atoms with van der Waals surface area (Å²) >= 11 is 0. The van der Waals surface area contributed by atoms with Crippen molar-refractivity contribution in [1.82, 2.24) is 4.90 Å². The quantitative estimate of drug-likeness (QED) is 0.495. The van der Waals surface area contributed by atoms with Gasteiger partial charge in [0, 0.05) is 13.1 Å². The first kappa shape index (κ1) is 17.4. The van der Waals surface area contributed by atoms with Crippen LogP contribution in [0.5, 0.6) is 0 Å². The molecular formula is C16H16FN3O4. The molecular weight excluding hydrogens is 317 g/mol. The number of hydrogen-bond acceptors (Lipinski definition) is 5. The van der Waals surface area contributed by atoms with Crippen LogP contribution in [0.2, 0.25) is 0 Å². The summed E-state index contributed by atoms with van der Waals surface area (Å²) in [5.41, 5.74) is 5.48. The van der Waals surface area contributed by atoms with Crippen molar-refractivity contribution in [2.45, 2.75) is 6.10 Å². The number of anilines is 1. The fraction of sp³-hybridized carbons (Fsp3) is 0.188. The van der Waals surface area contributed by atoms with E-state index >= 15 is 0 Å². The third kappa shape index (κ3) is 3.66. The van der Waals surface area contributed by atoms with Crippen LogP contribution in [0, 0.1) is 15.9 Å². The third-order valence-electron chi connectivity index (χ3n) is 3.53. The summed E-state index contributed by atoms with van der Waals surface area (Å²) in [4.78, 5) is 24.0. The number of nitrogen functional groups attached to an aromatic ring is 1. The second kappa shape index (κ2) is 7.05. The SMILES string of the molecule is CN(C[C@@H](O)c1ccc(F)cc1)C(=O)c1c(N)cccc1[N+](=O)[O-]. The van der Waals surface area contributed by atoms with Crippen LogP contribution in [-0.4, -0.2) is 34.4 Å². The Bertz CT molecular complexity index is 764. The first-order valence-electron chi connectivity index (χ1n) is 7.03. The molecule has 7 nitrogen and oxygen atoms in total. The molecule has 1 amide bonds. The first-order valence-corrected chi connectivity index (χ1v) is 7.03. The molecule has 0 aliphatic carbocycles. The maximum Gasteiger partial charge on any atom is 0.284 e. The van der Waals surface area contributed by atoms with Gasteiger partial charge < -0.3 is 15.7 Å². The highest BCUT2D eigenvalue weighted by molar-refractivity contribution is 6.02. The van der Waals surface area contributed by atoms with E-state index in [1.165, 1.54) is 49.5 Å². The Morgan fingerprint density at radius 2 is 1.96 bits per heavy atom. The van der Waals surface area contributed by atoms with Crippen LogP contribution >= 0.6 is 0 Å². The fourth-order valence-corrected chi connectivity index (χ4v) is 2.27. The Morgan fingerprint density at radius 3 is 2.54 bits per heavy atom. The number of hydrogen-bond donors (Lipinski definition) is 2. The Balaban J connectivity index is 2.21. The van der Waals surface area contributed by atoms with E-state index in [0.717, 1.165) is 4.90 Å². The number of amides is 1. The summed E-state index contributed by atoms with van der Waals surface area (Å²) in [5.74, 6) is -1.12. The van der Waals surface area contributed by atoms with Crippen LogP contribution in [0.15, 0.2) is 42.5 Å². The molecule has 126 valence electrons. The van der Waals surface area contributed by atoms with Gasteiger partial charge >= 0.3 is 0 Å². The van der Waals surface area contributed by atoms with Crippen molar-refractivity contribution >= 4 is 17.3 Å². The summed E-state index contributed by atoms with van der Waals surface area (Å²) < 4.78 is 12.9. The van der Waals surface area contributed by atoms with E-state index < -0.39 is 28.4 Å². The molecule has 0 saturated carbocycles. The number of nitro groups is 1. The van der Waals surface area contributed by atoms with Crippen LogP contribution in [0.4, 0.5) is 15.8 Å². The second-order valence-electron chi connectivity index (χ2n) is 5.25. The number of halogens is 1. The van der Waals surface area contributed by atoms with Gasteiger partial charge in [-0.15, -0.1) is 0 Å². The highest BCUT2D eigenvalue weighted by Gasteiger charge is 2.26. The molecule has 0 bridgehead atoms. The number of carbonyl (C=O) groups excluding carboxylic acids is 1. The van der Waals surface area contributed by atoms with E-state index in [4.69, 9.17) is 5.73 Å². The van der Waals surface area contributed by atoms with E-state index in [1.54, 1.807) is 0 Å². The van der Waals surface area contributed by atoms with Gasteiger partial charge in [-0.05, 0) is 23.8 Å². The molecule has 8 heteroatoms. The predicted molar refractivity (Wildman–Crippen MR) is 85.8 cm³/mol. The number of benzene rings is 2. The molecule has 0 heterocycles. The molecule has 0 fully saturated rings. The molecule has 0 unspecified atom stereocenters. The topological polar surface area (TPSA) is 110 Å². The van der Waals surface area contributed by atoms with Crippen LogP contribution < -0.4 is 5.73 Å². The minimum absolute atomic E-state index is 0.0164. The minimum atomic E-state index is -1.07. The number of carbonyl (C=O) groups is 1. The van der Waals surface area contributed by atoms with E-state index in [-0.39, 0.29) is 17.8 Å².